The molecule has 0 spiro atoms. The first kappa shape index (κ1) is 17.1. The van der Waals surface area contributed by atoms with Gasteiger partial charge in [-0.25, -0.2) is 0 Å². The number of esters is 1. The second kappa shape index (κ2) is 9.67. The summed E-state index contributed by atoms with van der Waals surface area (Å²) >= 11 is 0. The van der Waals surface area contributed by atoms with Gasteiger partial charge in [0.1, 0.15) is 5.75 Å². The average molecular weight is 312 g/mol. The topological polar surface area (TPSA) is 35.5 Å². The van der Waals surface area contributed by atoms with E-state index < -0.39 is 0 Å². The van der Waals surface area contributed by atoms with E-state index in [2.05, 4.69) is 24.3 Å². The lowest BCUT2D eigenvalue weighted by Gasteiger charge is -2.07. The number of hydrogen-bond acceptors (Lipinski definition) is 3. The maximum absolute atomic E-state index is 10.6. The number of carbonyl (C=O) groups excluding carboxylic acids is 1. The lowest BCUT2D eigenvalue weighted by molar-refractivity contribution is -0.141. The first-order valence-electron chi connectivity index (χ1n) is 8.17. The number of carbonyl (C=O) groups is 1. The van der Waals surface area contributed by atoms with Crippen LogP contribution in [0.25, 0.3) is 11.1 Å². The van der Waals surface area contributed by atoms with Crippen LogP contribution >= 0.6 is 0 Å². The van der Waals surface area contributed by atoms with E-state index >= 15 is 0 Å². The SMILES string of the molecule is CC(=O)OCCCCCCOc1ccc(-c2ccccc2)cc1. The molecule has 2 rings (SSSR count). The molecule has 0 saturated carbocycles. The van der Waals surface area contributed by atoms with Gasteiger partial charge in [-0.2, -0.15) is 0 Å². The zero-order valence-corrected chi connectivity index (χ0v) is 13.7. The van der Waals surface area contributed by atoms with Crippen LogP contribution in [0.1, 0.15) is 32.6 Å². The van der Waals surface area contributed by atoms with Crippen LogP contribution in [-0.4, -0.2) is 19.2 Å². The Kier molecular flexibility index (Phi) is 7.18. The van der Waals surface area contributed by atoms with Gasteiger partial charge in [0.15, 0.2) is 0 Å². The summed E-state index contributed by atoms with van der Waals surface area (Å²) in [5.74, 6) is 0.705. The van der Waals surface area contributed by atoms with Gasteiger partial charge in [-0.15, -0.1) is 0 Å². The van der Waals surface area contributed by atoms with Crippen LogP contribution in [0.15, 0.2) is 54.6 Å². The Hall–Kier alpha value is -2.29. The van der Waals surface area contributed by atoms with Crippen molar-refractivity contribution in [2.45, 2.75) is 32.6 Å². The molecule has 3 heteroatoms. The van der Waals surface area contributed by atoms with E-state index in [0.29, 0.717) is 6.61 Å². The van der Waals surface area contributed by atoms with E-state index in [1.165, 1.54) is 18.1 Å². The lowest BCUT2D eigenvalue weighted by atomic mass is 10.1. The zero-order chi connectivity index (χ0) is 16.3. The van der Waals surface area contributed by atoms with E-state index in [4.69, 9.17) is 9.47 Å². The van der Waals surface area contributed by atoms with Crippen molar-refractivity contribution in [2.24, 2.45) is 0 Å². The molecule has 0 N–H and O–H groups in total. The first-order chi connectivity index (χ1) is 11.3. The molecule has 0 bridgehead atoms. The lowest BCUT2D eigenvalue weighted by Crippen LogP contribution is -2.01. The van der Waals surface area contributed by atoms with Crippen LogP contribution in [0.3, 0.4) is 0 Å². The minimum absolute atomic E-state index is 0.202. The van der Waals surface area contributed by atoms with Crippen molar-refractivity contribution >= 4 is 5.97 Å². The Balaban J connectivity index is 1.62. The smallest absolute Gasteiger partial charge is 0.302 e. The summed E-state index contributed by atoms with van der Waals surface area (Å²) in [5, 5.41) is 0. The fourth-order valence-electron chi connectivity index (χ4n) is 2.34. The monoisotopic (exact) mass is 312 g/mol. The second-order valence-corrected chi connectivity index (χ2v) is 5.49. The number of rotatable bonds is 9. The van der Waals surface area contributed by atoms with Gasteiger partial charge in [0.25, 0.3) is 0 Å². The molecule has 0 fully saturated rings. The van der Waals surface area contributed by atoms with Gasteiger partial charge in [-0.3, -0.25) is 4.79 Å². The molecular formula is C20H24O3. The molecular weight excluding hydrogens is 288 g/mol. The predicted octanol–water partition coefficient (Wildman–Crippen LogP) is 4.86. The Morgan fingerprint density at radius 3 is 2.04 bits per heavy atom. The van der Waals surface area contributed by atoms with Crippen LogP contribution in [0.2, 0.25) is 0 Å². The van der Waals surface area contributed by atoms with Gasteiger partial charge in [0.2, 0.25) is 0 Å². The van der Waals surface area contributed by atoms with Crippen molar-refractivity contribution in [1.29, 1.82) is 0 Å². The largest absolute Gasteiger partial charge is 0.494 e. The van der Waals surface area contributed by atoms with Crippen molar-refractivity contribution < 1.29 is 14.3 Å². The molecule has 23 heavy (non-hydrogen) atoms. The molecule has 0 atom stereocenters. The van der Waals surface area contributed by atoms with E-state index in [0.717, 1.165) is 38.0 Å². The molecule has 0 aliphatic carbocycles. The maximum atomic E-state index is 10.6. The molecule has 2 aromatic rings. The number of ether oxygens (including phenoxy) is 2. The Morgan fingerprint density at radius 2 is 1.39 bits per heavy atom. The minimum atomic E-state index is -0.202. The molecule has 2 aromatic carbocycles. The Labute approximate surface area is 138 Å². The number of unbranched alkanes of at least 4 members (excludes halogenated alkanes) is 3. The van der Waals surface area contributed by atoms with Crippen molar-refractivity contribution in [3.8, 4) is 16.9 Å². The van der Waals surface area contributed by atoms with Crippen molar-refractivity contribution in [2.75, 3.05) is 13.2 Å². The van der Waals surface area contributed by atoms with Gasteiger partial charge in [-0.05, 0) is 48.9 Å². The molecule has 122 valence electrons. The summed E-state index contributed by atoms with van der Waals surface area (Å²) < 4.78 is 10.7. The minimum Gasteiger partial charge on any atom is -0.494 e. The molecule has 0 aliphatic rings. The van der Waals surface area contributed by atoms with Crippen LogP contribution < -0.4 is 4.74 Å². The summed E-state index contributed by atoms with van der Waals surface area (Å²) in [5.41, 5.74) is 2.41. The molecule has 0 radical (unpaired) electrons. The summed E-state index contributed by atoms with van der Waals surface area (Å²) in [6.45, 7) is 2.69. The summed E-state index contributed by atoms with van der Waals surface area (Å²) in [4.78, 5) is 10.6. The molecule has 0 aliphatic heterocycles. The predicted molar refractivity (Wildman–Crippen MR) is 92.5 cm³/mol. The highest BCUT2D eigenvalue weighted by Crippen LogP contribution is 2.22. The zero-order valence-electron chi connectivity index (χ0n) is 13.7. The third-order valence-electron chi connectivity index (χ3n) is 3.57. The summed E-state index contributed by atoms with van der Waals surface area (Å²) in [6, 6.07) is 18.5. The number of benzene rings is 2. The van der Waals surface area contributed by atoms with Crippen LogP contribution in [0, 0.1) is 0 Å². The van der Waals surface area contributed by atoms with Gasteiger partial charge >= 0.3 is 5.97 Å². The summed E-state index contributed by atoms with van der Waals surface area (Å²) in [6.07, 6.45) is 4.08. The molecule has 0 aromatic heterocycles. The molecule has 3 nitrogen and oxygen atoms in total. The fraction of sp³-hybridized carbons (Fsp3) is 0.350. The average Bonchev–Trinajstić information content (AvgIpc) is 2.58. The highest BCUT2D eigenvalue weighted by Gasteiger charge is 1.99. The van der Waals surface area contributed by atoms with Crippen LogP contribution in [0.4, 0.5) is 0 Å². The summed E-state index contributed by atoms with van der Waals surface area (Å²) in [7, 11) is 0. The van der Waals surface area contributed by atoms with Gasteiger partial charge in [0, 0.05) is 6.92 Å². The third-order valence-corrected chi connectivity index (χ3v) is 3.57. The quantitative estimate of drug-likeness (QED) is 0.490. The fourth-order valence-corrected chi connectivity index (χ4v) is 2.34. The van der Waals surface area contributed by atoms with Crippen LogP contribution in [-0.2, 0) is 9.53 Å². The Bertz CT molecular complexity index is 576. The van der Waals surface area contributed by atoms with Gasteiger partial charge in [-0.1, -0.05) is 42.5 Å². The van der Waals surface area contributed by atoms with E-state index in [1.54, 1.807) is 0 Å². The normalized spacial score (nSPS) is 10.3. The van der Waals surface area contributed by atoms with Crippen molar-refractivity contribution in [1.82, 2.24) is 0 Å². The first-order valence-corrected chi connectivity index (χ1v) is 8.17. The number of hydrogen-bond donors (Lipinski definition) is 0. The van der Waals surface area contributed by atoms with E-state index in [9.17, 15) is 4.79 Å². The highest BCUT2D eigenvalue weighted by atomic mass is 16.5. The molecule has 0 saturated heterocycles. The molecule has 0 amide bonds. The molecule has 0 heterocycles. The van der Waals surface area contributed by atoms with E-state index in [1.807, 2.05) is 30.3 Å². The van der Waals surface area contributed by atoms with Crippen molar-refractivity contribution in [3.05, 3.63) is 54.6 Å². The van der Waals surface area contributed by atoms with Gasteiger partial charge in [0.05, 0.1) is 13.2 Å². The molecule has 0 unspecified atom stereocenters. The van der Waals surface area contributed by atoms with Gasteiger partial charge < -0.3 is 9.47 Å². The second-order valence-electron chi connectivity index (χ2n) is 5.49. The van der Waals surface area contributed by atoms with E-state index in [-0.39, 0.29) is 5.97 Å². The Morgan fingerprint density at radius 1 is 0.783 bits per heavy atom. The maximum Gasteiger partial charge on any atom is 0.302 e. The van der Waals surface area contributed by atoms with Crippen molar-refractivity contribution in [3.63, 3.8) is 0 Å². The van der Waals surface area contributed by atoms with Crippen LogP contribution in [0.5, 0.6) is 5.75 Å². The third kappa shape index (κ3) is 6.55. The highest BCUT2D eigenvalue weighted by molar-refractivity contribution is 5.65. The standard InChI is InChI=1S/C20H24O3/c1-17(21)22-15-7-2-3-8-16-23-20-13-11-19(12-14-20)18-9-5-4-6-10-18/h4-6,9-14H,2-3,7-8,15-16H2,1H3.